The first-order valence-electron chi connectivity index (χ1n) is 10.9. The van der Waals surface area contributed by atoms with Crippen LogP contribution in [-0.4, -0.2) is 22.0 Å². The Labute approximate surface area is 177 Å². The SMILES string of the molecule is Cc1ccc(CCCNC(=O)c2ccc3c(=O)n4c(nc3c2)CCCCC4)c(C)c1. The summed E-state index contributed by atoms with van der Waals surface area (Å²) in [5.74, 6) is 0.727. The number of hydrogen-bond donors (Lipinski definition) is 1. The molecule has 0 saturated heterocycles. The number of amides is 1. The largest absolute Gasteiger partial charge is 0.352 e. The molecule has 3 aromatic rings. The average molecular weight is 404 g/mol. The van der Waals surface area contributed by atoms with Crippen molar-refractivity contribution in [1.29, 1.82) is 0 Å². The van der Waals surface area contributed by atoms with E-state index in [1.807, 2.05) is 4.57 Å². The fourth-order valence-electron chi connectivity index (χ4n) is 4.27. The third-order valence-electron chi connectivity index (χ3n) is 5.99. The molecule has 1 amide bonds. The van der Waals surface area contributed by atoms with Gasteiger partial charge in [0.15, 0.2) is 0 Å². The van der Waals surface area contributed by atoms with Crippen LogP contribution in [-0.2, 0) is 19.4 Å². The molecule has 0 radical (unpaired) electrons. The monoisotopic (exact) mass is 403 g/mol. The lowest BCUT2D eigenvalue weighted by Crippen LogP contribution is -2.26. The van der Waals surface area contributed by atoms with Crippen LogP contribution in [0.5, 0.6) is 0 Å². The van der Waals surface area contributed by atoms with Crippen molar-refractivity contribution in [2.75, 3.05) is 6.54 Å². The number of hydrogen-bond acceptors (Lipinski definition) is 3. The number of aromatic nitrogens is 2. The van der Waals surface area contributed by atoms with Gasteiger partial charge in [-0.3, -0.25) is 14.2 Å². The second-order valence-electron chi connectivity index (χ2n) is 8.32. The van der Waals surface area contributed by atoms with E-state index in [1.54, 1.807) is 18.2 Å². The van der Waals surface area contributed by atoms with Gasteiger partial charge in [-0.1, -0.05) is 30.2 Å². The summed E-state index contributed by atoms with van der Waals surface area (Å²) < 4.78 is 1.81. The number of carbonyl (C=O) groups excluding carboxylic acids is 1. The fourth-order valence-corrected chi connectivity index (χ4v) is 4.27. The van der Waals surface area contributed by atoms with Gasteiger partial charge < -0.3 is 5.32 Å². The van der Waals surface area contributed by atoms with E-state index in [0.717, 1.165) is 50.9 Å². The average Bonchev–Trinajstić information content (AvgIpc) is 2.98. The minimum absolute atomic E-state index is 0.0114. The molecule has 0 saturated carbocycles. The van der Waals surface area contributed by atoms with Crippen molar-refractivity contribution in [1.82, 2.24) is 14.9 Å². The van der Waals surface area contributed by atoms with Crippen LogP contribution in [0.4, 0.5) is 0 Å². The van der Waals surface area contributed by atoms with E-state index < -0.39 is 0 Å². The van der Waals surface area contributed by atoms with Crippen molar-refractivity contribution >= 4 is 16.8 Å². The molecule has 2 aromatic carbocycles. The quantitative estimate of drug-likeness (QED) is 0.652. The summed E-state index contributed by atoms with van der Waals surface area (Å²) in [6.07, 6.45) is 5.83. The molecular weight excluding hydrogens is 374 g/mol. The highest BCUT2D eigenvalue weighted by Crippen LogP contribution is 2.17. The minimum Gasteiger partial charge on any atom is -0.352 e. The van der Waals surface area contributed by atoms with E-state index in [4.69, 9.17) is 4.98 Å². The van der Waals surface area contributed by atoms with Crippen LogP contribution in [0.1, 0.15) is 58.6 Å². The molecule has 0 spiro atoms. The molecule has 30 heavy (non-hydrogen) atoms. The van der Waals surface area contributed by atoms with Gasteiger partial charge in [0.2, 0.25) is 0 Å². The Morgan fingerprint density at radius 2 is 1.97 bits per heavy atom. The molecule has 0 atom stereocenters. The molecule has 4 rings (SSSR count). The van der Waals surface area contributed by atoms with Gasteiger partial charge in [-0.15, -0.1) is 0 Å². The molecule has 0 aliphatic carbocycles. The van der Waals surface area contributed by atoms with Crippen LogP contribution in [0.25, 0.3) is 10.9 Å². The van der Waals surface area contributed by atoms with Gasteiger partial charge in [0.05, 0.1) is 10.9 Å². The normalized spacial score (nSPS) is 13.7. The van der Waals surface area contributed by atoms with Crippen LogP contribution in [0.2, 0.25) is 0 Å². The zero-order valence-corrected chi connectivity index (χ0v) is 17.8. The predicted octanol–water partition coefficient (Wildman–Crippen LogP) is 4.10. The van der Waals surface area contributed by atoms with Crippen LogP contribution in [0.3, 0.4) is 0 Å². The molecule has 1 aliphatic heterocycles. The highest BCUT2D eigenvalue weighted by Gasteiger charge is 2.15. The Morgan fingerprint density at radius 3 is 2.80 bits per heavy atom. The molecule has 2 heterocycles. The Bertz CT molecular complexity index is 1150. The molecule has 0 bridgehead atoms. The summed E-state index contributed by atoms with van der Waals surface area (Å²) in [4.78, 5) is 30.2. The summed E-state index contributed by atoms with van der Waals surface area (Å²) in [6, 6.07) is 11.7. The number of aryl methyl sites for hydroxylation is 4. The maximum absolute atomic E-state index is 12.8. The van der Waals surface area contributed by atoms with Crippen molar-refractivity contribution in [3.63, 3.8) is 0 Å². The summed E-state index contributed by atoms with van der Waals surface area (Å²) in [5, 5.41) is 3.59. The number of nitrogens with zero attached hydrogens (tertiary/aromatic N) is 2. The maximum atomic E-state index is 12.8. The highest BCUT2D eigenvalue weighted by atomic mass is 16.1. The first-order chi connectivity index (χ1) is 14.5. The topological polar surface area (TPSA) is 64.0 Å². The van der Waals surface area contributed by atoms with Gasteiger partial charge in [-0.05, 0) is 68.9 Å². The Morgan fingerprint density at radius 1 is 1.10 bits per heavy atom. The second-order valence-corrected chi connectivity index (χ2v) is 8.32. The van der Waals surface area contributed by atoms with Crippen molar-refractivity contribution in [3.8, 4) is 0 Å². The second kappa shape index (κ2) is 8.82. The van der Waals surface area contributed by atoms with Gasteiger partial charge in [-0.2, -0.15) is 0 Å². The zero-order valence-electron chi connectivity index (χ0n) is 17.8. The van der Waals surface area contributed by atoms with Gasteiger partial charge in [0, 0.05) is 25.1 Å². The fraction of sp³-hybridized carbons (Fsp3) is 0.400. The summed E-state index contributed by atoms with van der Waals surface area (Å²) in [7, 11) is 0. The number of nitrogens with one attached hydrogen (secondary N) is 1. The molecule has 1 aromatic heterocycles. The van der Waals surface area contributed by atoms with Crippen molar-refractivity contribution in [2.45, 2.75) is 58.9 Å². The van der Waals surface area contributed by atoms with Gasteiger partial charge >= 0.3 is 0 Å². The van der Waals surface area contributed by atoms with E-state index in [9.17, 15) is 9.59 Å². The third-order valence-corrected chi connectivity index (χ3v) is 5.99. The first-order valence-corrected chi connectivity index (χ1v) is 10.9. The minimum atomic E-state index is -0.116. The summed E-state index contributed by atoms with van der Waals surface area (Å²) in [5.41, 5.74) is 5.08. The smallest absolute Gasteiger partial charge is 0.261 e. The predicted molar refractivity (Wildman–Crippen MR) is 120 cm³/mol. The van der Waals surface area contributed by atoms with Crippen LogP contribution >= 0.6 is 0 Å². The molecule has 156 valence electrons. The molecular formula is C25H29N3O2. The Kier molecular flexibility index (Phi) is 5.98. The maximum Gasteiger partial charge on any atom is 0.261 e. The molecule has 0 fully saturated rings. The Hall–Kier alpha value is -2.95. The van der Waals surface area contributed by atoms with E-state index in [2.05, 4.69) is 37.4 Å². The lowest BCUT2D eigenvalue weighted by molar-refractivity contribution is 0.0953. The van der Waals surface area contributed by atoms with Gasteiger partial charge in [-0.25, -0.2) is 4.98 Å². The van der Waals surface area contributed by atoms with E-state index in [0.29, 0.717) is 23.0 Å². The van der Waals surface area contributed by atoms with E-state index in [1.165, 1.54) is 16.7 Å². The number of rotatable bonds is 5. The van der Waals surface area contributed by atoms with E-state index in [-0.39, 0.29) is 11.5 Å². The summed E-state index contributed by atoms with van der Waals surface area (Å²) in [6.45, 7) is 5.58. The first kappa shape index (κ1) is 20.3. The summed E-state index contributed by atoms with van der Waals surface area (Å²) >= 11 is 0. The number of carbonyl (C=O) groups is 1. The van der Waals surface area contributed by atoms with Crippen molar-refractivity contribution in [2.24, 2.45) is 0 Å². The Balaban J connectivity index is 1.43. The molecule has 5 nitrogen and oxygen atoms in total. The number of fused-ring (bicyclic) bond motifs is 2. The lowest BCUT2D eigenvalue weighted by Gasteiger charge is -2.11. The molecule has 0 unspecified atom stereocenters. The lowest BCUT2D eigenvalue weighted by atomic mass is 10.0. The molecule has 1 N–H and O–H groups in total. The van der Waals surface area contributed by atoms with Crippen LogP contribution in [0, 0.1) is 13.8 Å². The molecule has 5 heteroatoms. The van der Waals surface area contributed by atoms with Crippen LogP contribution < -0.4 is 10.9 Å². The van der Waals surface area contributed by atoms with Crippen molar-refractivity contribution < 1.29 is 4.79 Å². The van der Waals surface area contributed by atoms with E-state index >= 15 is 0 Å². The van der Waals surface area contributed by atoms with Gasteiger partial charge in [0.25, 0.3) is 11.5 Å². The zero-order chi connectivity index (χ0) is 21.1. The third kappa shape index (κ3) is 4.30. The van der Waals surface area contributed by atoms with Crippen molar-refractivity contribution in [3.05, 3.63) is 74.8 Å². The molecule has 1 aliphatic rings. The number of benzene rings is 2. The van der Waals surface area contributed by atoms with Gasteiger partial charge in [0.1, 0.15) is 5.82 Å². The standard InChI is InChI=1S/C25H29N3O2/c1-17-9-10-19(18(2)15-17)7-6-13-26-24(29)20-11-12-21-22(16-20)27-23-8-4-3-5-14-28(23)25(21)30/h9-12,15-16H,3-8,13-14H2,1-2H3,(H,26,29). The van der Waals surface area contributed by atoms with Crippen LogP contribution in [0.15, 0.2) is 41.2 Å². The highest BCUT2D eigenvalue weighted by molar-refractivity contribution is 5.97.